The highest BCUT2D eigenvalue weighted by molar-refractivity contribution is 8.03. The normalized spacial score (nSPS) is 31.6. The topological polar surface area (TPSA) is 151 Å². The fraction of sp³-hybridized carbons (Fsp3) is 0.741. The third kappa shape index (κ3) is 4.74. The second-order valence-electron chi connectivity index (χ2n) is 12.4. The van der Waals surface area contributed by atoms with Gasteiger partial charge in [0.15, 0.2) is 5.78 Å². The van der Waals surface area contributed by atoms with Crippen molar-refractivity contribution in [3.63, 3.8) is 0 Å². The Bertz CT molecular complexity index is 1220. The molecular formula is C27H37N7O5S. The number of likely N-dealkylation sites (tertiary alicyclic amines) is 1. The summed E-state index contributed by atoms with van der Waals surface area (Å²) in [7, 11) is 0. The van der Waals surface area contributed by atoms with Gasteiger partial charge in [-0.3, -0.25) is 14.4 Å². The summed E-state index contributed by atoms with van der Waals surface area (Å²) in [5.41, 5.74) is 0.549. The molecule has 2 N–H and O–H groups in total. The number of carbonyl (C=O) groups excluding carboxylic acids is 3. The first-order valence-electron chi connectivity index (χ1n) is 14.4. The smallest absolute Gasteiger partial charge is 0.353 e. The quantitative estimate of drug-likeness (QED) is 0.415. The Morgan fingerprint density at radius 2 is 1.98 bits per heavy atom. The highest BCUT2D eigenvalue weighted by Gasteiger charge is 2.60. The average molecular weight is 572 g/mol. The van der Waals surface area contributed by atoms with E-state index in [1.165, 1.54) is 46.9 Å². The zero-order chi connectivity index (χ0) is 28.2. The number of hydrogen-bond acceptors (Lipinski definition) is 9. The maximum absolute atomic E-state index is 13.3. The SMILES string of the molecule is C[C@@H](CC(=O)Cn1cnnn1)[C@H]1C(=O)N2C(C(=O)O)=C(S[C@@H]3CN[C@H](C(=O)N4CCC5(CCC5)CC4)C3)[C@H](C)[C@H]12. The second kappa shape index (κ2) is 10.6. The molecule has 5 aliphatic rings. The molecule has 12 nitrogen and oxygen atoms in total. The van der Waals surface area contributed by atoms with Crippen molar-refractivity contribution in [3.05, 3.63) is 16.9 Å². The number of carboxylic acids is 1. The van der Waals surface area contributed by atoms with Crippen LogP contribution in [-0.2, 0) is 25.7 Å². The minimum absolute atomic E-state index is 0.0365. The molecule has 2 amide bonds. The predicted octanol–water partition coefficient (Wildman–Crippen LogP) is 1.30. The average Bonchev–Trinajstić information content (AvgIpc) is 3.63. The van der Waals surface area contributed by atoms with E-state index in [0.29, 0.717) is 23.3 Å². The van der Waals surface area contributed by atoms with Gasteiger partial charge in [-0.1, -0.05) is 20.3 Å². The standard InChI is InChI=1S/C27H37N7O5S/c1-15(10-17(35)13-33-14-29-30-31-33)20-21-16(2)23(22(26(38)39)34(21)25(20)37)40-18-11-19(28-12-18)24(36)32-8-6-27(7-9-32)4-3-5-27/h14-16,18-21,28H,3-13H2,1-2H3,(H,38,39)/t15-,16+,18-,19-,20+,21+/m0/s1. The molecule has 1 aliphatic carbocycles. The van der Waals surface area contributed by atoms with Crippen LogP contribution in [0.15, 0.2) is 16.9 Å². The number of fused-ring (bicyclic) bond motifs is 1. The Morgan fingerprint density at radius 3 is 2.60 bits per heavy atom. The van der Waals surface area contributed by atoms with E-state index in [1.807, 2.05) is 18.7 Å². The number of nitrogens with one attached hydrogen (secondary N) is 1. The van der Waals surface area contributed by atoms with Gasteiger partial charge in [0.2, 0.25) is 11.8 Å². The first kappa shape index (κ1) is 27.4. The van der Waals surface area contributed by atoms with E-state index >= 15 is 0 Å². The third-order valence-corrected chi connectivity index (χ3v) is 11.4. The molecular weight excluding hydrogens is 534 g/mol. The number of thioether (sulfide) groups is 1. The van der Waals surface area contributed by atoms with Crippen molar-refractivity contribution in [2.24, 2.45) is 23.2 Å². The Hall–Kier alpha value is -2.80. The molecule has 0 unspecified atom stereocenters. The molecule has 40 heavy (non-hydrogen) atoms. The summed E-state index contributed by atoms with van der Waals surface area (Å²) in [5, 5.41) is 24.3. The lowest BCUT2D eigenvalue weighted by Crippen LogP contribution is -2.62. The molecule has 13 heteroatoms. The number of aliphatic carboxylic acids is 1. The minimum atomic E-state index is -1.11. The van der Waals surface area contributed by atoms with E-state index in [-0.39, 0.29) is 65.4 Å². The Morgan fingerprint density at radius 1 is 1.23 bits per heavy atom. The van der Waals surface area contributed by atoms with Crippen LogP contribution in [0.1, 0.15) is 58.8 Å². The number of aromatic nitrogens is 4. The number of carbonyl (C=O) groups is 4. The molecule has 6 rings (SSSR count). The number of carboxylic acid groups (broad SMARTS) is 1. The molecule has 6 atom stereocenters. The number of piperidine rings is 1. The van der Waals surface area contributed by atoms with E-state index < -0.39 is 11.9 Å². The van der Waals surface area contributed by atoms with Gasteiger partial charge in [0.1, 0.15) is 18.6 Å². The van der Waals surface area contributed by atoms with E-state index in [0.717, 1.165) is 25.9 Å². The molecule has 1 aromatic rings. The van der Waals surface area contributed by atoms with Gasteiger partial charge in [-0.05, 0) is 53.9 Å². The maximum atomic E-state index is 13.3. The first-order chi connectivity index (χ1) is 19.2. The van der Waals surface area contributed by atoms with Crippen LogP contribution in [0.5, 0.6) is 0 Å². The zero-order valence-corrected chi connectivity index (χ0v) is 23.8. The number of tetrazole rings is 1. The number of Topliss-reactive ketones (excluding diaryl/α,β-unsaturated/α-hetero) is 1. The van der Waals surface area contributed by atoms with Crippen LogP contribution in [0.25, 0.3) is 0 Å². The van der Waals surface area contributed by atoms with Crippen molar-refractivity contribution in [1.29, 1.82) is 0 Å². The lowest BCUT2D eigenvalue weighted by molar-refractivity contribution is -0.160. The van der Waals surface area contributed by atoms with Crippen LogP contribution in [-0.4, -0.2) is 95.6 Å². The first-order valence-corrected chi connectivity index (χ1v) is 15.3. The minimum Gasteiger partial charge on any atom is -0.477 e. The van der Waals surface area contributed by atoms with Crippen LogP contribution in [0.3, 0.4) is 0 Å². The molecule has 1 spiro atoms. The van der Waals surface area contributed by atoms with Gasteiger partial charge in [0, 0.05) is 42.1 Å². The highest BCUT2D eigenvalue weighted by Crippen LogP contribution is 2.53. The monoisotopic (exact) mass is 571 g/mol. The fourth-order valence-electron chi connectivity index (χ4n) is 7.51. The molecule has 5 heterocycles. The molecule has 216 valence electrons. The van der Waals surface area contributed by atoms with Gasteiger partial charge in [0.25, 0.3) is 0 Å². The lowest BCUT2D eigenvalue weighted by atomic mass is 9.63. The van der Waals surface area contributed by atoms with Crippen LogP contribution in [0.2, 0.25) is 0 Å². The summed E-state index contributed by atoms with van der Waals surface area (Å²) in [6.45, 7) is 6.16. The van der Waals surface area contributed by atoms with E-state index in [2.05, 4.69) is 20.8 Å². The molecule has 3 saturated heterocycles. The Kier molecular flexibility index (Phi) is 7.22. The molecule has 1 aromatic heterocycles. The molecule has 0 aromatic carbocycles. The van der Waals surface area contributed by atoms with Crippen LogP contribution < -0.4 is 5.32 Å². The molecule has 4 aliphatic heterocycles. The van der Waals surface area contributed by atoms with Crippen molar-refractivity contribution in [1.82, 2.24) is 35.3 Å². The molecule has 0 radical (unpaired) electrons. The van der Waals surface area contributed by atoms with E-state index in [4.69, 9.17) is 0 Å². The largest absolute Gasteiger partial charge is 0.477 e. The number of amides is 2. The van der Waals surface area contributed by atoms with E-state index in [9.17, 15) is 24.3 Å². The van der Waals surface area contributed by atoms with Gasteiger partial charge < -0.3 is 20.2 Å². The van der Waals surface area contributed by atoms with Crippen molar-refractivity contribution >= 4 is 35.3 Å². The summed E-state index contributed by atoms with van der Waals surface area (Å²) in [4.78, 5) is 55.5. The van der Waals surface area contributed by atoms with Gasteiger partial charge >= 0.3 is 5.97 Å². The van der Waals surface area contributed by atoms with Crippen molar-refractivity contribution in [2.75, 3.05) is 19.6 Å². The van der Waals surface area contributed by atoms with Crippen LogP contribution >= 0.6 is 11.8 Å². The second-order valence-corrected chi connectivity index (χ2v) is 13.7. The van der Waals surface area contributed by atoms with Crippen molar-refractivity contribution < 1.29 is 24.3 Å². The number of β-lactam (4-membered cyclic amide) rings is 1. The van der Waals surface area contributed by atoms with Crippen molar-refractivity contribution in [3.8, 4) is 0 Å². The number of ketones is 1. The fourth-order valence-corrected chi connectivity index (χ4v) is 8.99. The highest BCUT2D eigenvalue weighted by atomic mass is 32.2. The molecule has 1 saturated carbocycles. The Balaban J connectivity index is 1.07. The Labute approximate surface area is 237 Å². The van der Waals surface area contributed by atoms with E-state index in [1.54, 1.807) is 0 Å². The summed E-state index contributed by atoms with van der Waals surface area (Å²) >= 11 is 1.50. The van der Waals surface area contributed by atoms with Crippen molar-refractivity contribution in [2.45, 2.75) is 82.7 Å². The summed E-state index contributed by atoms with van der Waals surface area (Å²) < 4.78 is 1.35. The molecule has 4 fully saturated rings. The predicted molar refractivity (Wildman–Crippen MR) is 144 cm³/mol. The van der Waals surface area contributed by atoms with Gasteiger partial charge in [-0.25, -0.2) is 9.48 Å². The summed E-state index contributed by atoms with van der Waals surface area (Å²) in [6.07, 6.45) is 8.31. The number of nitrogens with zero attached hydrogens (tertiary/aromatic N) is 6. The third-order valence-electron chi connectivity index (χ3n) is 9.92. The number of hydrogen-bond donors (Lipinski definition) is 2. The van der Waals surface area contributed by atoms with Crippen LogP contribution in [0, 0.1) is 23.2 Å². The number of rotatable bonds is 9. The lowest BCUT2D eigenvalue weighted by Gasteiger charge is -2.48. The van der Waals surface area contributed by atoms with Gasteiger partial charge in [-0.2, -0.15) is 0 Å². The summed E-state index contributed by atoms with van der Waals surface area (Å²) in [6, 6.07) is -0.535. The molecule has 0 bridgehead atoms. The zero-order valence-electron chi connectivity index (χ0n) is 23.0. The van der Waals surface area contributed by atoms with Gasteiger partial charge in [0.05, 0.1) is 18.0 Å². The maximum Gasteiger partial charge on any atom is 0.353 e. The summed E-state index contributed by atoms with van der Waals surface area (Å²) in [5.74, 6) is -2.09. The van der Waals surface area contributed by atoms with Crippen LogP contribution in [0.4, 0.5) is 0 Å². The van der Waals surface area contributed by atoms with Gasteiger partial charge in [-0.15, -0.1) is 16.9 Å².